The van der Waals surface area contributed by atoms with E-state index in [1.165, 1.54) is 0 Å². The van der Waals surface area contributed by atoms with Crippen LogP contribution in [0.3, 0.4) is 0 Å². The van der Waals surface area contributed by atoms with Gasteiger partial charge in [0.2, 0.25) is 0 Å². The number of halogens is 1. The number of allylic oxidation sites excluding steroid dienone is 2. The highest BCUT2D eigenvalue weighted by molar-refractivity contribution is 14.1. The minimum atomic E-state index is -3.18. The van der Waals surface area contributed by atoms with Gasteiger partial charge in [-0.3, -0.25) is 0 Å². The lowest BCUT2D eigenvalue weighted by Crippen LogP contribution is -2.33. The van der Waals surface area contributed by atoms with Crippen molar-refractivity contribution in [1.29, 1.82) is 0 Å². The molecule has 0 N–H and O–H groups in total. The Balaban J connectivity index is 2.03. The van der Waals surface area contributed by atoms with E-state index in [0.717, 1.165) is 6.42 Å². The fourth-order valence-electron chi connectivity index (χ4n) is 2.88. The molecule has 2 aliphatic carbocycles. The van der Waals surface area contributed by atoms with Crippen LogP contribution in [0.2, 0.25) is 0 Å². The summed E-state index contributed by atoms with van der Waals surface area (Å²) in [4.78, 5) is 0.465. The molecule has 0 aromatic heterocycles. The summed E-state index contributed by atoms with van der Waals surface area (Å²) in [5.74, 6) is 0.663. The minimum absolute atomic E-state index is 0.215. The third-order valence-electron chi connectivity index (χ3n) is 3.72. The number of alkyl halides is 1. The lowest BCUT2D eigenvalue weighted by atomic mass is 10.1. The SMILES string of the molecule is O=S(=O)(c1ccccc1)[C@H]1[C@H](I)[C@@H]2C=C[C@H]1C2. The molecule has 17 heavy (non-hydrogen) atoms. The van der Waals surface area contributed by atoms with E-state index < -0.39 is 9.84 Å². The molecule has 0 spiro atoms. The Bertz CT molecular complexity index is 550. The van der Waals surface area contributed by atoms with Crippen LogP contribution in [0.25, 0.3) is 0 Å². The normalized spacial score (nSPS) is 35.4. The van der Waals surface area contributed by atoms with Crippen molar-refractivity contribution in [2.45, 2.75) is 20.5 Å². The van der Waals surface area contributed by atoms with Gasteiger partial charge in [-0.05, 0) is 30.4 Å². The van der Waals surface area contributed by atoms with Crippen molar-refractivity contribution < 1.29 is 8.42 Å². The van der Waals surface area contributed by atoms with E-state index in [0.29, 0.717) is 10.8 Å². The van der Waals surface area contributed by atoms with Gasteiger partial charge in [-0.25, -0.2) is 8.42 Å². The molecule has 1 fully saturated rings. The molecular weight excluding hydrogens is 347 g/mol. The molecule has 0 radical (unpaired) electrons. The highest BCUT2D eigenvalue weighted by atomic mass is 127. The molecule has 0 amide bonds. The molecule has 1 aromatic rings. The van der Waals surface area contributed by atoms with Gasteiger partial charge in [-0.15, -0.1) is 0 Å². The molecule has 0 aliphatic heterocycles. The zero-order valence-corrected chi connectivity index (χ0v) is 12.1. The van der Waals surface area contributed by atoms with Gasteiger partial charge in [0.25, 0.3) is 0 Å². The second kappa shape index (κ2) is 4.09. The van der Waals surface area contributed by atoms with Crippen LogP contribution in [-0.2, 0) is 9.84 Å². The molecule has 0 unspecified atom stereocenters. The van der Waals surface area contributed by atoms with E-state index in [9.17, 15) is 8.42 Å². The standard InChI is InChI=1S/C13H13IO2S/c14-12-9-6-7-10(8-9)13(12)17(15,16)11-4-2-1-3-5-11/h1-7,9-10,12-13H,8H2/t9-,10+,12-,13-/m1/s1. The molecule has 3 rings (SSSR count). The van der Waals surface area contributed by atoms with Gasteiger partial charge < -0.3 is 0 Å². The average Bonchev–Trinajstić information content (AvgIpc) is 2.90. The van der Waals surface area contributed by atoms with Crippen molar-refractivity contribution in [2.75, 3.05) is 0 Å². The van der Waals surface area contributed by atoms with Gasteiger partial charge in [0.15, 0.2) is 9.84 Å². The number of fused-ring (bicyclic) bond motifs is 2. The fraction of sp³-hybridized carbons (Fsp3) is 0.385. The maximum absolute atomic E-state index is 12.6. The first-order chi connectivity index (χ1) is 8.10. The molecular formula is C13H13IO2S. The molecule has 4 atom stereocenters. The van der Waals surface area contributed by atoms with Crippen LogP contribution >= 0.6 is 22.6 Å². The van der Waals surface area contributed by atoms with Crippen LogP contribution < -0.4 is 0 Å². The Morgan fingerprint density at radius 1 is 1.06 bits per heavy atom. The Morgan fingerprint density at radius 3 is 2.29 bits per heavy atom. The quantitative estimate of drug-likeness (QED) is 0.462. The van der Waals surface area contributed by atoms with E-state index in [4.69, 9.17) is 0 Å². The second-order valence-corrected chi connectivity index (χ2v) is 8.26. The van der Waals surface area contributed by atoms with E-state index >= 15 is 0 Å². The zero-order chi connectivity index (χ0) is 12.0. The van der Waals surface area contributed by atoms with Gasteiger partial charge in [-0.2, -0.15) is 0 Å². The van der Waals surface area contributed by atoms with Gasteiger partial charge in [0.1, 0.15) is 0 Å². The number of sulfone groups is 1. The van der Waals surface area contributed by atoms with Gasteiger partial charge in [-0.1, -0.05) is 52.9 Å². The van der Waals surface area contributed by atoms with Crippen molar-refractivity contribution >= 4 is 32.4 Å². The molecule has 2 aliphatic rings. The Labute approximate surface area is 115 Å². The third kappa shape index (κ3) is 1.76. The fourth-order valence-corrected chi connectivity index (χ4v) is 7.17. The third-order valence-corrected chi connectivity index (χ3v) is 8.20. The molecule has 4 heteroatoms. The molecule has 90 valence electrons. The summed E-state index contributed by atoms with van der Waals surface area (Å²) in [7, 11) is -3.18. The Hall–Kier alpha value is -0.360. The van der Waals surface area contributed by atoms with Gasteiger partial charge in [0, 0.05) is 3.92 Å². The first-order valence-corrected chi connectivity index (χ1v) is 8.51. The van der Waals surface area contributed by atoms with Crippen LogP contribution in [0.1, 0.15) is 6.42 Å². The largest absolute Gasteiger partial charge is 0.223 e. The first-order valence-electron chi connectivity index (χ1n) is 5.72. The number of hydrogen-bond donors (Lipinski definition) is 0. The smallest absolute Gasteiger partial charge is 0.182 e. The highest BCUT2D eigenvalue weighted by Crippen LogP contribution is 2.47. The van der Waals surface area contributed by atoms with Crippen molar-refractivity contribution in [3.63, 3.8) is 0 Å². The van der Waals surface area contributed by atoms with Crippen LogP contribution in [-0.4, -0.2) is 17.6 Å². The van der Waals surface area contributed by atoms with E-state index in [-0.39, 0.29) is 15.1 Å². The molecule has 2 bridgehead atoms. The summed E-state index contributed by atoms with van der Waals surface area (Å²) in [6.07, 6.45) is 5.27. The van der Waals surface area contributed by atoms with Crippen molar-refractivity contribution in [2.24, 2.45) is 11.8 Å². The topological polar surface area (TPSA) is 34.1 Å². The summed E-state index contributed by atoms with van der Waals surface area (Å²) in [5.41, 5.74) is 0. The molecule has 2 nitrogen and oxygen atoms in total. The first kappa shape index (κ1) is 11.7. The predicted octanol–water partition coefficient (Wildman–Crippen LogP) is 2.84. The van der Waals surface area contributed by atoms with Crippen molar-refractivity contribution in [3.8, 4) is 0 Å². The van der Waals surface area contributed by atoms with Crippen LogP contribution in [0.4, 0.5) is 0 Å². The maximum Gasteiger partial charge on any atom is 0.182 e. The summed E-state index contributed by atoms with van der Waals surface area (Å²) >= 11 is 2.31. The van der Waals surface area contributed by atoms with Crippen LogP contribution in [0, 0.1) is 11.8 Å². The zero-order valence-electron chi connectivity index (χ0n) is 9.16. The van der Waals surface area contributed by atoms with E-state index in [1.54, 1.807) is 24.3 Å². The Kier molecular flexibility index (Phi) is 2.82. The number of hydrogen-bond acceptors (Lipinski definition) is 2. The average molecular weight is 360 g/mol. The number of rotatable bonds is 2. The molecule has 1 aromatic carbocycles. The summed E-state index contributed by atoms with van der Waals surface area (Å²) < 4.78 is 25.4. The van der Waals surface area contributed by atoms with Crippen molar-refractivity contribution in [3.05, 3.63) is 42.5 Å². The van der Waals surface area contributed by atoms with Crippen molar-refractivity contribution in [1.82, 2.24) is 0 Å². The van der Waals surface area contributed by atoms with E-state index in [1.807, 2.05) is 6.07 Å². The van der Waals surface area contributed by atoms with Gasteiger partial charge in [0.05, 0.1) is 10.1 Å². The Morgan fingerprint density at radius 2 is 1.71 bits per heavy atom. The lowest BCUT2D eigenvalue weighted by molar-refractivity contribution is 0.565. The highest BCUT2D eigenvalue weighted by Gasteiger charge is 2.50. The number of benzene rings is 1. The maximum atomic E-state index is 12.6. The summed E-state index contributed by atoms with van der Waals surface area (Å²) in [6, 6.07) is 8.83. The molecule has 1 saturated carbocycles. The van der Waals surface area contributed by atoms with E-state index in [2.05, 4.69) is 34.7 Å². The van der Waals surface area contributed by atoms with Crippen LogP contribution in [0.15, 0.2) is 47.4 Å². The lowest BCUT2D eigenvalue weighted by Gasteiger charge is -2.23. The van der Waals surface area contributed by atoms with Crippen LogP contribution in [0.5, 0.6) is 0 Å². The molecule has 0 heterocycles. The summed E-state index contributed by atoms with van der Waals surface area (Å²) in [6.45, 7) is 0. The van der Waals surface area contributed by atoms with Gasteiger partial charge >= 0.3 is 0 Å². The predicted molar refractivity (Wildman–Crippen MR) is 76.0 cm³/mol. The summed E-state index contributed by atoms with van der Waals surface area (Å²) in [5, 5.41) is -0.236. The second-order valence-electron chi connectivity index (χ2n) is 4.72. The monoisotopic (exact) mass is 360 g/mol. The minimum Gasteiger partial charge on any atom is -0.223 e. The molecule has 0 saturated heterocycles.